The molecule has 0 aliphatic carbocycles. The number of halogens is 1. The van der Waals surface area contributed by atoms with E-state index in [0.29, 0.717) is 39.3 Å². The highest BCUT2D eigenvalue weighted by atomic mass is 35.5. The van der Waals surface area contributed by atoms with Crippen molar-refractivity contribution >= 4 is 24.2 Å². The molecular weight excluding hydrogens is 394 g/mol. The third kappa shape index (κ3) is 5.62. The van der Waals surface area contributed by atoms with Crippen molar-refractivity contribution in [1.29, 1.82) is 0 Å². The van der Waals surface area contributed by atoms with Crippen molar-refractivity contribution in [3.05, 3.63) is 29.8 Å². The number of aryl methyl sites for hydroxylation is 1. The van der Waals surface area contributed by atoms with Gasteiger partial charge in [-0.15, -0.1) is 12.4 Å². The van der Waals surface area contributed by atoms with Crippen molar-refractivity contribution in [3.63, 3.8) is 0 Å². The third-order valence-corrected chi connectivity index (χ3v) is 5.49. The molecule has 1 unspecified atom stereocenters. The Morgan fingerprint density at radius 2 is 1.86 bits per heavy atom. The minimum atomic E-state index is -0.552. The summed E-state index contributed by atoms with van der Waals surface area (Å²) >= 11 is 0. The molecule has 3 atom stereocenters. The normalized spacial score (nSPS) is 23.1. The SMILES string of the molecule is CCc1ccccc1OC(C)C(=O)N1CCN(C(=O)[C@H]2NCCO[C@@H]2C)CC1.Cl. The maximum absolute atomic E-state index is 12.8. The monoisotopic (exact) mass is 425 g/mol. The van der Waals surface area contributed by atoms with Gasteiger partial charge < -0.3 is 24.6 Å². The van der Waals surface area contributed by atoms with Crippen molar-refractivity contribution in [1.82, 2.24) is 15.1 Å². The Bertz CT molecular complexity index is 694. The number of hydrogen-bond acceptors (Lipinski definition) is 5. The number of para-hydroxylation sites is 1. The van der Waals surface area contributed by atoms with Crippen LogP contribution in [0.25, 0.3) is 0 Å². The molecule has 2 fully saturated rings. The average Bonchev–Trinajstić information content (AvgIpc) is 2.73. The van der Waals surface area contributed by atoms with E-state index in [1.54, 1.807) is 11.8 Å². The maximum Gasteiger partial charge on any atom is 0.263 e. The Kier molecular flexibility index (Phi) is 8.74. The number of carbonyl (C=O) groups excluding carboxylic acids is 2. The lowest BCUT2D eigenvalue weighted by atomic mass is 10.1. The Labute approximate surface area is 179 Å². The summed E-state index contributed by atoms with van der Waals surface area (Å²) in [6.45, 7) is 9.21. The number of hydrogen-bond donors (Lipinski definition) is 1. The van der Waals surface area contributed by atoms with Gasteiger partial charge in [-0.25, -0.2) is 0 Å². The van der Waals surface area contributed by atoms with Crippen LogP contribution < -0.4 is 10.1 Å². The molecule has 2 aliphatic rings. The topological polar surface area (TPSA) is 71.1 Å². The molecule has 0 radical (unpaired) electrons. The van der Waals surface area contributed by atoms with Gasteiger partial charge in [-0.1, -0.05) is 25.1 Å². The zero-order valence-electron chi connectivity index (χ0n) is 17.4. The van der Waals surface area contributed by atoms with Crippen LogP contribution in [0.4, 0.5) is 0 Å². The van der Waals surface area contributed by atoms with Gasteiger partial charge in [0.25, 0.3) is 5.91 Å². The number of carbonyl (C=O) groups is 2. The largest absolute Gasteiger partial charge is 0.481 e. The molecular formula is C21H32ClN3O4. The summed E-state index contributed by atoms with van der Waals surface area (Å²) in [6, 6.07) is 7.51. The second-order valence-corrected chi connectivity index (χ2v) is 7.38. The highest BCUT2D eigenvalue weighted by molar-refractivity contribution is 5.85. The van der Waals surface area contributed by atoms with Gasteiger partial charge in [0.05, 0.1) is 12.7 Å². The highest BCUT2D eigenvalue weighted by Gasteiger charge is 2.34. The molecule has 3 rings (SSSR count). The first-order valence-corrected chi connectivity index (χ1v) is 10.2. The molecule has 2 heterocycles. The van der Waals surface area contributed by atoms with Gasteiger partial charge in [0.1, 0.15) is 11.8 Å². The van der Waals surface area contributed by atoms with Crippen LogP contribution >= 0.6 is 12.4 Å². The van der Waals surface area contributed by atoms with Crippen LogP contribution in [-0.2, 0) is 20.7 Å². The first-order chi connectivity index (χ1) is 13.5. The molecule has 0 saturated carbocycles. The molecule has 162 valence electrons. The molecule has 29 heavy (non-hydrogen) atoms. The van der Waals surface area contributed by atoms with Crippen molar-refractivity contribution < 1.29 is 19.1 Å². The second kappa shape index (κ2) is 10.8. The van der Waals surface area contributed by atoms with Crippen LogP contribution in [0.3, 0.4) is 0 Å². The first kappa shape index (κ1) is 23.4. The van der Waals surface area contributed by atoms with Crippen LogP contribution in [0.5, 0.6) is 5.75 Å². The summed E-state index contributed by atoms with van der Waals surface area (Å²) in [5.74, 6) is 0.781. The Hall–Kier alpha value is -1.83. The summed E-state index contributed by atoms with van der Waals surface area (Å²) in [5, 5.41) is 3.24. The van der Waals surface area contributed by atoms with E-state index in [2.05, 4.69) is 12.2 Å². The fraction of sp³-hybridized carbons (Fsp3) is 0.619. The van der Waals surface area contributed by atoms with Gasteiger partial charge in [0.2, 0.25) is 5.91 Å². The third-order valence-electron chi connectivity index (χ3n) is 5.49. The summed E-state index contributed by atoms with van der Waals surface area (Å²) in [6.07, 6.45) is 0.172. The molecule has 2 saturated heterocycles. The van der Waals surface area contributed by atoms with E-state index in [-0.39, 0.29) is 36.4 Å². The molecule has 2 amide bonds. The van der Waals surface area contributed by atoms with Crippen molar-refractivity contribution in [2.75, 3.05) is 39.3 Å². The minimum Gasteiger partial charge on any atom is -0.481 e. The molecule has 0 bridgehead atoms. The molecule has 1 N–H and O–H groups in total. The van der Waals surface area contributed by atoms with Crippen molar-refractivity contribution in [2.45, 2.75) is 45.4 Å². The van der Waals surface area contributed by atoms with E-state index in [1.807, 2.05) is 36.1 Å². The summed E-state index contributed by atoms with van der Waals surface area (Å²) < 4.78 is 11.5. The van der Waals surface area contributed by atoms with E-state index in [1.165, 1.54) is 0 Å². The number of ether oxygens (including phenoxy) is 2. The van der Waals surface area contributed by atoms with E-state index >= 15 is 0 Å². The fourth-order valence-electron chi connectivity index (χ4n) is 3.76. The van der Waals surface area contributed by atoms with E-state index in [4.69, 9.17) is 9.47 Å². The van der Waals surface area contributed by atoms with Crippen LogP contribution in [0.1, 0.15) is 26.3 Å². The van der Waals surface area contributed by atoms with Gasteiger partial charge in [-0.3, -0.25) is 9.59 Å². The van der Waals surface area contributed by atoms with E-state index in [9.17, 15) is 9.59 Å². The van der Waals surface area contributed by atoms with Gasteiger partial charge in [-0.05, 0) is 31.9 Å². The maximum atomic E-state index is 12.8. The Balaban J connectivity index is 0.00000300. The highest BCUT2D eigenvalue weighted by Crippen LogP contribution is 2.20. The standard InChI is InChI=1S/C21H31N3O4.ClH/c1-4-17-7-5-6-8-18(17)28-16(3)20(25)23-10-12-24(13-11-23)21(26)19-15(2)27-14-9-22-19;/h5-8,15-16,19,22H,4,9-14H2,1-3H3;1H/t15-,16?,19+;/m1./s1. The number of nitrogens with zero attached hydrogens (tertiary/aromatic N) is 2. The zero-order chi connectivity index (χ0) is 20.1. The lowest BCUT2D eigenvalue weighted by Gasteiger charge is -2.39. The minimum absolute atomic E-state index is 0. The molecule has 8 heteroatoms. The summed E-state index contributed by atoms with van der Waals surface area (Å²) in [7, 11) is 0. The fourth-order valence-corrected chi connectivity index (χ4v) is 3.76. The molecule has 1 aromatic rings. The quantitative estimate of drug-likeness (QED) is 0.773. The van der Waals surface area contributed by atoms with Crippen LogP contribution in [0.2, 0.25) is 0 Å². The van der Waals surface area contributed by atoms with Gasteiger partial charge in [0.15, 0.2) is 6.10 Å². The summed E-state index contributed by atoms with van der Waals surface area (Å²) in [4.78, 5) is 29.2. The van der Waals surface area contributed by atoms with E-state index in [0.717, 1.165) is 17.7 Å². The number of piperazine rings is 1. The van der Waals surface area contributed by atoms with Gasteiger partial charge in [-0.2, -0.15) is 0 Å². The number of benzene rings is 1. The zero-order valence-corrected chi connectivity index (χ0v) is 18.2. The van der Waals surface area contributed by atoms with Gasteiger partial charge in [0, 0.05) is 32.7 Å². The predicted octanol–water partition coefficient (Wildman–Crippen LogP) is 1.49. The number of nitrogens with one attached hydrogen (secondary N) is 1. The number of morpholine rings is 1. The Morgan fingerprint density at radius 1 is 1.21 bits per heavy atom. The molecule has 2 aliphatic heterocycles. The smallest absolute Gasteiger partial charge is 0.263 e. The lowest BCUT2D eigenvalue weighted by Crippen LogP contribution is -2.60. The molecule has 1 aromatic carbocycles. The molecule has 0 aromatic heterocycles. The Morgan fingerprint density at radius 3 is 2.52 bits per heavy atom. The van der Waals surface area contributed by atoms with Gasteiger partial charge >= 0.3 is 0 Å². The van der Waals surface area contributed by atoms with Crippen molar-refractivity contribution in [3.8, 4) is 5.75 Å². The number of rotatable bonds is 5. The van der Waals surface area contributed by atoms with Crippen LogP contribution in [-0.4, -0.2) is 79.2 Å². The predicted molar refractivity (Wildman–Crippen MR) is 114 cm³/mol. The first-order valence-electron chi connectivity index (χ1n) is 10.2. The van der Waals surface area contributed by atoms with Crippen molar-refractivity contribution in [2.24, 2.45) is 0 Å². The summed E-state index contributed by atoms with van der Waals surface area (Å²) in [5.41, 5.74) is 1.09. The number of amides is 2. The second-order valence-electron chi connectivity index (χ2n) is 7.38. The van der Waals surface area contributed by atoms with E-state index < -0.39 is 6.10 Å². The van der Waals surface area contributed by atoms with Crippen LogP contribution in [0, 0.1) is 0 Å². The molecule has 7 nitrogen and oxygen atoms in total. The average molecular weight is 426 g/mol. The van der Waals surface area contributed by atoms with Crippen LogP contribution in [0.15, 0.2) is 24.3 Å². The lowest BCUT2D eigenvalue weighted by molar-refractivity contribution is -0.147. The molecule has 0 spiro atoms.